The van der Waals surface area contributed by atoms with E-state index in [4.69, 9.17) is 11.6 Å². The predicted octanol–water partition coefficient (Wildman–Crippen LogP) is 3.43. The van der Waals surface area contributed by atoms with Crippen LogP contribution >= 0.6 is 11.6 Å². The van der Waals surface area contributed by atoms with Gasteiger partial charge in [0.25, 0.3) is 0 Å². The molecule has 1 fully saturated rings. The van der Waals surface area contributed by atoms with Crippen molar-refractivity contribution in [1.29, 1.82) is 0 Å². The van der Waals surface area contributed by atoms with E-state index in [2.05, 4.69) is 25.3 Å². The molecule has 1 saturated heterocycles. The molecule has 1 aliphatic heterocycles. The third kappa shape index (κ3) is 4.26. The van der Waals surface area contributed by atoms with Crippen molar-refractivity contribution in [2.45, 2.75) is 32.2 Å². The van der Waals surface area contributed by atoms with E-state index in [1.165, 1.54) is 12.3 Å². The minimum atomic E-state index is -3.29. The molecular formula is C19H22ClFN6O2S. The molecule has 1 atom stereocenters. The van der Waals surface area contributed by atoms with Crippen molar-refractivity contribution in [3.8, 4) is 11.4 Å². The first-order valence-electron chi connectivity index (χ1n) is 9.78. The molecule has 160 valence electrons. The van der Waals surface area contributed by atoms with Crippen molar-refractivity contribution in [3.63, 3.8) is 0 Å². The van der Waals surface area contributed by atoms with Crippen molar-refractivity contribution >= 4 is 38.5 Å². The lowest BCUT2D eigenvalue weighted by molar-refractivity contribution is 0.262. The van der Waals surface area contributed by atoms with Crippen LogP contribution in [0.15, 0.2) is 24.5 Å². The quantitative estimate of drug-likeness (QED) is 0.555. The molecule has 1 aliphatic rings. The maximum absolute atomic E-state index is 14.2. The van der Waals surface area contributed by atoms with Gasteiger partial charge >= 0.3 is 0 Å². The topological polar surface area (TPSA) is 104 Å². The lowest BCUT2D eigenvalue weighted by atomic mass is 10.1. The SMILES string of the molecule is CCS(=O)(=O)N1CCCC[C@@H]1CNc1cc(F)nc(-c2c[nH]c3ncc(Cl)cc23)n1. The maximum Gasteiger partial charge on any atom is 0.218 e. The van der Waals surface area contributed by atoms with Gasteiger partial charge < -0.3 is 10.3 Å². The molecule has 0 amide bonds. The molecule has 8 nitrogen and oxygen atoms in total. The van der Waals surface area contributed by atoms with Gasteiger partial charge in [-0.05, 0) is 25.8 Å². The zero-order valence-corrected chi connectivity index (χ0v) is 18.0. The number of anilines is 1. The number of aromatic amines is 1. The largest absolute Gasteiger partial charge is 0.368 e. The Morgan fingerprint density at radius 3 is 2.97 bits per heavy atom. The number of hydrogen-bond donors (Lipinski definition) is 2. The number of pyridine rings is 1. The molecule has 3 aromatic heterocycles. The number of halogens is 2. The number of hydrogen-bond acceptors (Lipinski definition) is 6. The summed E-state index contributed by atoms with van der Waals surface area (Å²) in [6, 6.07) is 2.72. The highest BCUT2D eigenvalue weighted by Gasteiger charge is 2.31. The van der Waals surface area contributed by atoms with E-state index in [-0.39, 0.29) is 17.6 Å². The summed E-state index contributed by atoms with van der Waals surface area (Å²) < 4.78 is 40.6. The van der Waals surface area contributed by atoms with Gasteiger partial charge in [-0.15, -0.1) is 0 Å². The summed E-state index contributed by atoms with van der Waals surface area (Å²) in [5.41, 5.74) is 1.18. The third-order valence-corrected chi connectivity index (χ3v) is 7.38. The Balaban J connectivity index is 1.58. The number of aromatic nitrogens is 4. The fourth-order valence-electron chi connectivity index (χ4n) is 3.72. The normalized spacial score (nSPS) is 18.0. The number of H-pyrrole nitrogens is 1. The van der Waals surface area contributed by atoms with Crippen molar-refractivity contribution in [2.24, 2.45) is 0 Å². The Morgan fingerprint density at radius 2 is 2.17 bits per heavy atom. The molecule has 0 aromatic carbocycles. The molecule has 0 aliphatic carbocycles. The second-order valence-corrected chi connectivity index (χ2v) is 9.84. The highest BCUT2D eigenvalue weighted by Crippen LogP contribution is 2.28. The van der Waals surface area contributed by atoms with Crippen molar-refractivity contribution in [3.05, 3.63) is 35.5 Å². The fraction of sp³-hybridized carbons (Fsp3) is 0.421. The highest BCUT2D eigenvalue weighted by atomic mass is 35.5. The molecule has 0 radical (unpaired) electrons. The Bertz CT molecular complexity index is 1170. The van der Waals surface area contributed by atoms with E-state index >= 15 is 0 Å². The first-order valence-corrected chi connectivity index (χ1v) is 11.8. The molecule has 2 N–H and O–H groups in total. The van der Waals surface area contributed by atoms with Crippen LogP contribution in [-0.2, 0) is 10.0 Å². The Morgan fingerprint density at radius 1 is 1.33 bits per heavy atom. The molecular weight excluding hydrogens is 431 g/mol. The van der Waals surface area contributed by atoms with Crippen LogP contribution < -0.4 is 5.32 Å². The molecule has 0 unspecified atom stereocenters. The van der Waals surface area contributed by atoms with Crippen LogP contribution in [-0.4, -0.2) is 57.5 Å². The van der Waals surface area contributed by atoms with E-state index in [1.54, 1.807) is 23.5 Å². The third-order valence-electron chi connectivity index (χ3n) is 5.25. The zero-order chi connectivity index (χ0) is 21.3. The minimum absolute atomic E-state index is 0.0624. The van der Waals surface area contributed by atoms with Gasteiger partial charge in [0.2, 0.25) is 16.0 Å². The number of nitrogens with one attached hydrogen (secondary N) is 2. The van der Waals surface area contributed by atoms with Gasteiger partial charge in [0.15, 0.2) is 5.82 Å². The molecule has 3 aromatic rings. The van der Waals surface area contributed by atoms with Gasteiger partial charge in [-0.25, -0.2) is 18.4 Å². The summed E-state index contributed by atoms with van der Waals surface area (Å²) in [7, 11) is -3.29. The van der Waals surface area contributed by atoms with Crippen molar-refractivity contribution in [1.82, 2.24) is 24.2 Å². The summed E-state index contributed by atoms with van der Waals surface area (Å²) in [5.74, 6) is -0.142. The van der Waals surface area contributed by atoms with E-state index in [0.29, 0.717) is 40.5 Å². The summed E-state index contributed by atoms with van der Waals surface area (Å²) in [4.78, 5) is 15.5. The van der Waals surface area contributed by atoms with Crippen LogP contribution in [0.25, 0.3) is 22.4 Å². The molecule has 0 saturated carbocycles. The van der Waals surface area contributed by atoms with Gasteiger partial charge in [-0.1, -0.05) is 18.0 Å². The van der Waals surface area contributed by atoms with Gasteiger partial charge in [-0.2, -0.15) is 13.7 Å². The number of rotatable bonds is 6. The average molecular weight is 453 g/mol. The van der Waals surface area contributed by atoms with Crippen LogP contribution in [0.5, 0.6) is 0 Å². The van der Waals surface area contributed by atoms with Gasteiger partial charge in [0.05, 0.1) is 10.8 Å². The van der Waals surface area contributed by atoms with E-state index < -0.39 is 16.0 Å². The standard InChI is InChI=1S/C19H22ClFN6O2S/c1-2-30(28,29)27-6-4-3-5-13(27)10-22-17-8-16(21)25-19(26-17)15-11-24-18-14(15)7-12(20)9-23-18/h7-9,11,13H,2-6,10H2,1H3,(H,23,24)(H,22,25,26)/t13-/m1/s1. The maximum atomic E-state index is 14.2. The number of sulfonamides is 1. The summed E-state index contributed by atoms with van der Waals surface area (Å²) in [6.45, 7) is 2.49. The van der Waals surface area contributed by atoms with Crippen molar-refractivity contribution < 1.29 is 12.8 Å². The minimum Gasteiger partial charge on any atom is -0.368 e. The summed E-state index contributed by atoms with van der Waals surface area (Å²) >= 11 is 6.04. The molecule has 30 heavy (non-hydrogen) atoms. The van der Waals surface area contributed by atoms with Gasteiger partial charge in [0, 0.05) is 48.5 Å². The molecule has 0 spiro atoms. The van der Waals surface area contributed by atoms with Crippen LogP contribution in [0.4, 0.5) is 10.2 Å². The molecule has 4 rings (SSSR count). The number of fused-ring (bicyclic) bond motifs is 1. The first kappa shape index (κ1) is 21.0. The molecule has 0 bridgehead atoms. The second kappa shape index (κ2) is 8.44. The van der Waals surface area contributed by atoms with Gasteiger partial charge in [-0.3, -0.25) is 0 Å². The average Bonchev–Trinajstić information content (AvgIpc) is 3.15. The van der Waals surface area contributed by atoms with E-state index in [0.717, 1.165) is 19.3 Å². The number of piperidine rings is 1. The lowest BCUT2D eigenvalue weighted by Gasteiger charge is -2.34. The predicted molar refractivity (Wildman–Crippen MR) is 114 cm³/mol. The van der Waals surface area contributed by atoms with Crippen LogP contribution in [0, 0.1) is 5.95 Å². The molecule has 4 heterocycles. The van der Waals surface area contributed by atoms with Gasteiger partial charge in [0.1, 0.15) is 11.5 Å². The van der Waals surface area contributed by atoms with E-state index in [9.17, 15) is 12.8 Å². The smallest absolute Gasteiger partial charge is 0.218 e. The summed E-state index contributed by atoms with van der Waals surface area (Å²) in [6.07, 6.45) is 5.72. The van der Waals surface area contributed by atoms with E-state index in [1.807, 2.05) is 0 Å². The first-order chi connectivity index (χ1) is 14.4. The Labute approximate surface area is 178 Å². The van der Waals surface area contributed by atoms with Crippen LogP contribution in [0.2, 0.25) is 5.02 Å². The van der Waals surface area contributed by atoms with Crippen LogP contribution in [0.3, 0.4) is 0 Å². The molecule has 11 heteroatoms. The van der Waals surface area contributed by atoms with Crippen molar-refractivity contribution in [2.75, 3.05) is 24.2 Å². The summed E-state index contributed by atoms with van der Waals surface area (Å²) in [5, 5.41) is 4.23. The highest BCUT2D eigenvalue weighted by molar-refractivity contribution is 7.89. The lowest BCUT2D eigenvalue weighted by Crippen LogP contribution is -2.47. The Hall–Kier alpha value is -2.30. The Kier molecular flexibility index (Phi) is 5.90. The second-order valence-electron chi connectivity index (χ2n) is 7.19. The monoisotopic (exact) mass is 452 g/mol. The zero-order valence-electron chi connectivity index (χ0n) is 16.4. The fourth-order valence-corrected chi connectivity index (χ4v) is 5.26. The number of nitrogens with zero attached hydrogens (tertiary/aromatic N) is 4. The van der Waals surface area contributed by atoms with Crippen LogP contribution in [0.1, 0.15) is 26.2 Å².